The van der Waals surface area contributed by atoms with E-state index in [1.165, 1.54) is 12.8 Å². The maximum Gasteiger partial charge on any atom is 0.000781 e. The van der Waals surface area contributed by atoms with Gasteiger partial charge in [-0.05, 0) is 13.3 Å². The molecule has 1 heteroatoms. The second-order valence-electron chi connectivity index (χ2n) is 2.39. The molecule has 0 amide bonds. The van der Waals surface area contributed by atoms with Crippen LogP contribution < -0.4 is 5.73 Å². The predicted molar refractivity (Wildman–Crippen MR) is 55.9 cm³/mol. The fourth-order valence-electron chi connectivity index (χ4n) is 0. The molecule has 0 heterocycles. The van der Waals surface area contributed by atoms with E-state index < -0.39 is 0 Å². The molecular weight excluding hydrogens is 134 g/mol. The van der Waals surface area contributed by atoms with E-state index in [-0.39, 0.29) is 0 Å². The highest BCUT2D eigenvalue weighted by Crippen LogP contribution is 1.77. The standard InChI is InChI=1S/C4H11N.C4H10.C2H6/c1-3-4(2)5;1-3-4-2;1-2/h4H,3,5H2,1-2H3;3-4H2,1-2H3;1-2H3. The van der Waals surface area contributed by atoms with Gasteiger partial charge in [-0.25, -0.2) is 0 Å². The van der Waals surface area contributed by atoms with Crippen LogP contribution in [-0.2, 0) is 0 Å². The molecule has 0 aromatic rings. The van der Waals surface area contributed by atoms with Gasteiger partial charge in [0, 0.05) is 6.04 Å². The van der Waals surface area contributed by atoms with Crippen LogP contribution in [0.4, 0.5) is 0 Å². The van der Waals surface area contributed by atoms with E-state index in [1.807, 2.05) is 20.8 Å². The topological polar surface area (TPSA) is 26.0 Å². The Morgan fingerprint density at radius 3 is 1.18 bits per heavy atom. The van der Waals surface area contributed by atoms with Crippen molar-refractivity contribution in [2.45, 2.75) is 66.8 Å². The first-order valence-electron chi connectivity index (χ1n) is 4.94. The van der Waals surface area contributed by atoms with Crippen molar-refractivity contribution in [1.82, 2.24) is 0 Å². The van der Waals surface area contributed by atoms with E-state index in [0.29, 0.717) is 6.04 Å². The minimum absolute atomic E-state index is 0.384. The molecule has 0 saturated heterocycles. The maximum absolute atomic E-state index is 5.29. The van der Waals surface area contributed by atoms with Crippen LogP contribution in [0.25, 0.3) is 0 Å². The van der Waals surface area contributed by atoms with Crippen molar-refractivity contribution >= 4 is 0 Å². The second kappa shape index (κ2) is 22.5. The minimum atomic E-state index is 0.384. The Kier molecular flexibility index (Phi) is 35.1. The fourth-order valence-corrected chi connectivity index (χ4v) is 0. The summed E-state index contributed by atoms with van der Waals surface area (Å²) in [5.41, 5.74) is 5.29. The highest BCUT2D eigenvalue weighted by Gasteiger charge is 1.79. The van der Waals surface area contributed by atoms with E-state index in [4.69, 9.17) is 5.73 Å². The summed E-state index contributed by atoms with van der Waals surface area (Å²) in [6.45, 7) is 12.4. The summed E-state index contributed by atoms with van der Waals surface area (Å²) in [5.74, 6) is 0. The van der Waals surface area contributed by atoms with E-state index in [1.54, 1.807) is 0 Å². The Bertz CT molecular complexity index is 31.9. The lowest BCUT2D eigenvalue weighted by atomic mass is 10.3. The lowest BCUT2D eigenvalue weighted by Gasteiger charge is -1.91. The van der Waals surface area contributed by atoms with Gasteiger partial charge >= 0.3 is 0 Å². The molecule has 1 unspecified atom stereocenters. The smallest absolute Gasteiger partial charge is 0.000781 e. The van der Waals surface area contributed by atoms with Gasteiger partial charge in [-0.2, -0.15) is 0 Å². The third-order valence-corrected chi connectivity index (χ3v) is 1.14. The van der Waals surface area contributed by atoms with Gasteiger partial charge in [-0.1, -0.05) is 47.5 Å². The first kappa shape index (κ1) is 17.2. The Hall–Kier alpha value is -0.0400. The van der Waals surface area contributed by atoms with Gasteiger partial charge in [0.25, 0.3) is 0 Å². The predicted octanol–water partition coefficient (Wildman–Crippen LogP) is 3.58. The van der Waals surface area contributed by atoms with Crippen molar-refractivity contribution in [2.75, 3.05) is 0 Å². The molecule has 0 aliphatic carbocycles. The third-order valence-electron chi connectivity index (χ3n) is 1.14. The number of nitrogens with two attached hydrogens (primary N) is 1. The molecule has 0 aromatic heterocycles. The third kappa shape index (κ3) is 72.0. The number of hydrogen-bond acceptors (Lipinski definition) is 1. The normalized spacial score (nSPS) is 10.1. The first-order valence-corrected chi connectivity index (χ1v) is 4.94. The van der Waals surface area contributed by atoms with Crippen LogP contribution in [0.15, 0.2) is 0 Å². The molecule has 0 bridgehead atoms. The van der Waals surface area contributed by atoms with Crippen LogP contribution in [0, 0.1) is 0 Å². The molecule has 11 heavy (non-hydrogen) atoms. The lowest BCUT2D eigenvalue weighted by molar-refractivity contribution is 0.715. The molecule has 1 nitrogen and oxygen atoms in total. The summed E-state index contributed by atoms with van der Waals surface area (Å²) in [7, 11) is 0. The molecule has 0 aromatic carbocycles. The molecule has 0 rings (SSSR count). The molecule has 0 saturated carbocycles. The van der Waals surface area contributed by atoms with Gasteiger partial charge < -0.3 is 5.73 Å². The monoisotopic (exact) mass is 161 g/mol. The zero-order chi connectivity index (χ0) is 9.70. The molecule has 2 N–H and O–H groups in total. The summed E-state index contributed by atoms with van der Waals surface area (Å²) in [6.07, 6.45) is 3.72. The zero-order valence-electron chi connectivity index (χ0n) is 9.28. The van der Waals surface area contributed by atoms with Crippen LogP contribution in [0.2, 0.25) is 0 Å². The number of unbranched alkanes of at least 4 members (excludes halogenated alkanes) is 1. The van der Waals surface area contributed by atoms with Crippen LogP contribution in [0.1, 0.15) is 60.8 Å². The van der Waals surface area contributed by atoms with Crippen LogP contribution in [0.3, 0.4) is 0 Å². The lowest BCUT2D eigenvalue weighted by Crippen LogP contribution is -2.11. The Morgan fingerprint density at radius 1 is 1.00 bits per heavy atom. The van der Waals surface area contributed by atoms with Crippen molar-refractivity contribution in [3.05, 3.63) is 0 Å². The number of rotatable bonds is 2. The van der Waals surface area contributed by atoms with Gasteiger partial charge in [-0.15, -0.1) is 0 Å². The highest BCUT2D eigenvalue weighted by molar-refractivity contribution is 4.43. The minimum Gasteiger partial charge on any atom is -0.328 e. The van der Waals surface area contributed by atoms with Gasteiger partial charge in [0.2, 0.25) is 0 Å². The Morgan fingerprint density at radius 2 is 1.18 bits per heavy atom. The summed E-state index contributed by atoms with van der Waals surface area (Å²) >= 11 is 0. The number of hydrogen-bond donors (Lipinski definition) is 1. The summed E-state index contributed by atoms with van der Waals surface area (Å²) in [6, 6.07) is 0.384. The fraction of sp³-hybridized carbons (Fsp3) is 1.00. The molecule has 1 atom stereocenters. The van der Waals surface area contributed by atoms with E-state index >= 15 is 0 Å². The Labute approximate surface area is 73.4 Å². The highest BCUT2D eigenvalue weighted by atomic mass is 14.6. The van der Waals surface area contributed by atoms with Gasteiger partial charge in [0.05, 0.1) is 0 Å². The van der Waals surface area contributed by atoms with E-state index in [2.05, 4.69) is 20.8 Å². The Balaban J connectivity index is -0.0000000965. The van der Waals surface area contributed by atoms with Crippen molar-refractivity contribution in [3.63, 3.8) is 0 Å². The molecule has 0 aliphatic heterocycles. The second-order valence-corrected chi connectivity index (χ2v) is 2.39. The van der Waals surface area contributed by atoms with E-state index in [9.17, 15) is 0 Å². The molecule has 0 spiro atoms. The molecule has 0 fully saturated rings. The summed E-state index contributed by atoms with van der Waals surface area (Å²) in [4.78, 5) is 0. The molecular formula is C10H27N. The maximum atomic E-state index is 5.29. The van der Waals surface area contributed by atoms with Crippen LogP contribution in [0.5, 0.6) is 0 Å². The van der Waals surface area contributed by atoms with Gasteiger partial charge in [0.15, 0.2) is 0 Å². The SMILES string of the molecule is CC.CCC(C)N.CCCC. The zero-order valence-corrected chi connectivity index (χ0v) is 9.28. The average molecular weight is 161 g/mol. The summed E-state index contributed by atoms with van der Waals surface area (Å²) in [5, 5.41) is 0. The van der Waals surface area contributed by atoms with Crippen LogP contribution in [-0.4, -0.2) is 6.04 Å². The van der Waals surface area contributed by atoms with Crippen molar-refractivity contribution in [1.29, 1.82) is 0 Å². The average Bonchev–Trinajstić information content (AvgIpc) is 2.08. The largest absolute Gasteiger partial charge is 0.328 e. The van der Waals surface area contributed by atoms with Crippen molar-refractivity contribution < 1.29 is 0 Å². The van der Waals surface area contributed by atoms with Crippen molar-refractivity contribution in [2.24, 2.45) is 5.73 Å². The first-order chi connectivity index (χ1) is 5.18. The quantitative estimate of drug-likeness (QED) is 0.658. The summed E-state index contributed by atoms with van der Waals surface area (Å²) < 4.78 is 0. The molecule has 72 valence electrons. The molecule has 0 radical (unpaired) electrons. The van der Waals surface area contributed by atoms with Crippen molar-refractivity contribution in [3.8, 4) is 0 Å². The van der Waals surface area contributed by atoms with Gasteiger partial charge in [0.1, 0.15) is 0 Å². The van der Waals surface area contributed by atoms with Gasteiger partial charge in [-0.3, -0.25) is 0 Å². The molecule has 0 aliphatic rings. The van der Waals surface area contributed by atoms with Crippen LogP contribution >= 0.6 is 0 Å². The van der Waals surface area contributed by atoms with E-state index in [0.717, 1.165) is 6.42 Å².